The first-order valence-corrected chi connectivity index (χ1v) is 22.6. The third-order valence-corrected chi connectivity index (χ3v) is 13.9. The van der Waals surface area contributed by atoms with E-state index in [1.165, 1.54) is 18.5 Å². The number of carbonyl (C=O) groups is 1. The molecular weight excluding hydrogens is 776 g/mol. The minimum absolute atomic E-state index is 0.0125. The van der Waals surface area contributed by atoms with Crippen molar-refractivity contribution in [2.24, 2.45) is 5.92 Å². The van der Waals surface area contributed by atoms with Crippen LogP contribution in [0.3, 0.4) is 0 Å². The number of carbonyl (C=O) groups excluding carboxylic acids is 1. The number of aromatic nitrogens is 3. The van der Waals surface area contributed by atoms with Gasteiger partial charge in [-0.1, -0.05) is 31.0 Å². The Labute approximate surface area is 338 Å². The van der Waals surface area contributed by atoms with E-state index in [0.717, 1.165) is 31.7 Å². The summed E-state index contributed by atoms with van der Waals surface area (Å²) in [4.78, 5) is 37.7. The fraction of sp³-hybridized carbons (Fsp3) is 0.667. The Bertz CT molecular complexity index is 2110. The van der Waals surface area contributed by atoms with Crippen molar-refractivity contribution in [3.05, 3.63) is 63.5 Å². The molecule has 58 heavy (non-hydrogen) atoms. The predicted molar refractivity (Wildman–Crippen MR) is 213 cm³/mol. The summed E-state index contributed by atoms with van der Waals surface area (Å²) < 4.78 is 92.2. The normalized spacial score (nSPS) is 23.4. The summed E-state index contributed by atoms with van der Waals surface area (Å²) in [5.41, 5.74) is -0.752. The molecule has 1 aromatic carbocycles. The molecule has 4 aliphatic rings. The lowest BCUT2D eigenvalue weighted by atomic mass is 9.82. The molecule has 6 heterocycles. The van der Waals surface area contributed by atoms with Gasteiger partial charge in [0.15, 0.2) is 6.29 Å². The summed E-state index contributed by atoms with van der Waals surface area (Å²) in [5, 5.41) is 3.73. The predicted octanol–water partition coefficient (Wildman–Crippen LogP) is 7.99. The molecule has 0 radical (unpaired) electrons. The SMILES string of the molecule is C[C@@H](Nc1ncnc2c1cc(C1CCS(=O)(=O)CC1)c(=O)n2CCCCCCC1OCCO1)c1cccc(C(F)(F)C2CC3CCC(C2)N3C(=O)OC(C)(C)C)c1F. The van der Waals surface area contributed by atoms with E-state index in [9.17, 15) is 18.0 Å². The van der Waals surface area contributed by atoms with Gasteiger partial charge in [0, 0.05) is 35.7 Å². The molecule has 1 amide bonds. The number of sulfone groups is 1. The number of fused-ring (bicyclic) bond motifs is 3. The Balaban J connectivity index is 1.12. The van der Waals surface area contributed by atoms with Crippen LogP contribution in [0.4, 0.5) is 23.8 Å². The van der Waals surface area contributed by atoms with Crippen LogP contribution in [0.5, 0.6) is 0 Å². The highest BCUT2D eigenvalue weighted by molar-refractivity contribution is 7.91. The molecule has 7 rings (SSSR count). The Morgan fingerprint density at radius 2 is 1.67 bits per heavy atom. The standard InChI is InChI=1S/C42H56F3N5O7S/c1-26(31-10-9-11-34(36(31)43)42(44,45)28-22-29-13-14-30(23-28)50(29)40(52)57-41(2,3)4)48-37-33-24-32(27-15-20-58(53,54)21-16-27)39(51)49(38(33)47-25-46-37)17-8-6-5-7-12-35-55-18-19-56-35/h9-11,24-30,35H,5-8,12-23H2,1-4H3,(H,46,47,48)/t26-,28?,29?,30?/m1/s1. The van der Waals surface area contributed by atoms with E-state index in [0.29, 0.717) is 74.3 Å². The summed E-state index contributed by atoms with van der Waals surface area (Å²) >= 11 is 0. The van der Waals surface area contributed by atoms with Gasteiger partial charge in [-0.3, -0.25) is 9.36 Å². The number of pyridine rings is 1. The number of piperidine rings is 1. The lowest BCUT2D eigenvalue weighted by Crippen LogP contribution is -2.50. The summed E-state index contributed by atoms with van der Waals surface area (Å²) in [6.45, 7) is 8.57. The number of amides is 1. The monoisotopic (exact) mass is 831 g/mol. The zero-order valence-corrected chi connectivity index (χ0v) is 34.7. The number of ether oxygens (including phenoxy) is 3. The van der Waals surface area contributed by atoms with Gasteiger partial charge in [-0.25, -0.2) is 36.4 Å². The quantitative estimate of drug-likeness (QED) is 0.169. The van der Waals surface area contributed by atoms with Crippen molar-refractivity contribution in [3.8, 4) is 0 Å². The third kappa shape index (κ3) is 9.18. The second kappa shape index (κ2) is 17.1. The Morgan fingerprint density at radius 1 is 1.00 bits per heavy atom. The molecule has 0 aliphatic carbocycles. The van der Waals surface area contributed by atoms with Gasteiger partial charge in [0.2, 0.25) is 0 Å². The molecule has 2 aromatic heterocycles. The number of unbranched alkanes of at least 4 members (excludes halogenated alkanes) is 3. The van der Waals surface area contributed by atoms with Crippen LogP contribution in [-0.4, -0.2) is 82.6 Å². The first-order valence-electron chi connectivity index (χ1n) is 20.8. The minimum atomic E-state index is -3.50. The van der Waals surface area contributed by atoms with Crippen LogP contribution in [0.2, 0.25) is 0 Å². The molecular formula is C42H56F3N5O7S. The van der Waals surface area contributed by atoms with Gasteiger partial charge in [0.05, 0.1) is 41.7 Å². The van der Waals surface area contributed by atoms with Crippen LogP contribution < -0.4 is 10.9 Å². The molecule has 2 bridgehead atoms. The second-order valence-electron chi connectivity index (χ2n) is 17.5. The highest BCUT2D eigenvalue weighted by Gasteiger charge is 2.53. The van der Waals surface area contributed by atoms with Crippen molar-refractivity contribution < 1.29 is 40.6 Å². The van der Waals surface area contributed by atoms with Crippen LogP contribution in [0.25, 0.3) is 11.0 Å². The number of hydrogen-bond acceptors (Lipinski definition) is 10. The fourth-order valence-electron chi connectivity index (χ4n) is 9.26. The summed E-state index contributed by atoms with van der Waals surface area (Å²) in [6.07, 6.45) is 6.74. The van der Waals surface area contributed by atoms with Crippen LogP contribution in [-0.2, 0) is 36.5 Å². The van der Waals surface area contributed by atoms with Gasteiger partial charge in [0.1, 0.15) is 39.0 Å². The zero-order chi connectivity index (χ0) is 41.4. The Morgan fingerprint density at radius 3 is 2.34 bits per heavy atom. The lowest BCUT2D eigenvalue weighted by molar-refractivity contribution is -0.100. The number of anilines is 1. The highest BCUT2D eigenvalue weighted by atomic mass is 32.2. The van der Waals surface area contributed by atoms with E-state index in [2.05, 4.69) is 15.3 Å². The smallest absolute Gasteiger partial charge is 0.410 e. The molecule has 4 aliphatic heterocycles. The van der Waals surface area contributed by atoms with Crippen molar-refractivity contribution in [1.82, 2.24) is 19.4 Å². The van der Waals surface area contributed by atoms with Gasteiger partial charge in [0.25, 0.3) is 11.5 Å². The molecule has 1 N–H and O–H groups in total. The van der Waals surface area contributed by atoms with E-state index < -0.39 is 62.9 Å². The topological polar surface area (TPSA) is 142 Å². The van der Waals surface area contributed by atoms with Gasteiger partial charge in [-0.15, -0.1) is 0 Å². The number of alkyl halides is 2. The number of rotatable bonds is 13. The Kier molecular flexibility index (Phi) is 12.5. The molecule has 318 valence electrons. The van der Waals surface area contributed by atoms with E-state index in [1.807, 2.05) is 0 Å². The third-order valence-electron chi connectivity index (χ3n) is 12.2. The average molecular weight is 832 g/mol. The molecule has 0 spiro atoms. The van der Waals surface area contributed by atoms with E-state index >= 15 is 13.2 Å². The fourth-order valence-corrected chi connectivity index (χ4v) is 10.7. The van der Waals surface area contributed by atoms with Crippen molar-refractivity contribution in [2.45, 2.75) is 147 Å². The molecule has 0 saturated carbocycles. The van der Waals surface area contributed by atoms with Crippen molar-refractivity contribution in [1.29, 1.82) is 0 Å². The maximum atomic E-state index is 16.5. The van der Waals surface area contributed by atoms with Crippen molar-refractivity contribution in [2.75, 3.05) is 30.0 Å². The molecule has 3 atom stereocenters. The van der Waals surface area contributed by atoms with Crippen LogP contribution >= 0.6 is 0 Å². The number of nitrogens with one attached hydrogen (secondary N) is 1. The lowest BCUT2D eigenvalue weighted by Gasteiger charge is -2.42. The molecule has 16 heteroatoms. The van der Waals surface area contributed by atoms with E-state index in [-0.39, 0.29) is 47.7 Å². The highest BCUT2D eigenvalue weighted by Crippen LogP contribution is 2.50. The van der Waals surface area contributed by atoms with Crippen molar-refractivity contribution in [3.63, 3.8) is 0 Å². The number of benzene rings is 1. The van der Waals surface area contributed by atoms with Crippen LogP contribution in [0, 0.1) is 11.7 Å². The number of hydrogen-bond donors (Lipinski definition) is 1. The van der Waals surface area contributed by atoms with E-state index in [4.69, 9.17) is 14.2 Å². The van der Waals surface area contributed by atoms with Crippen LogP contribution in [0.1, 0.15) is 127 Å². The summed E-state index contributed by atoms with van der Waals surface area (Å²) in [5.74, 6) is -5.69. The average Bonchev–Trinajstić information content (AvgIpc) is 3.78. The number of nitrogens with zero attached hydrogens (tertiary/aromatic N) is 4. The van der Waals surface area contributed by atoms with Gasteiger partial charge in [-0.2, -0.15) is 0 Å². The van der Waals surface area contributed by atoms with Gasteiger partial charge in [-0.05, 0) is 97.5 Å². The molecule has 4 fully saturated rings. The maximum Gasteiger partial charge on any atom is 0.410 e. The zero-order valence-electron chi connectivity index (χ0n) is 33.9. The molecule has 4 saturated heterocycles. The molecule has 2 unspecified atom stereocenters. The number of aryl methyl sites for hydroxylation is 1. The first-order chi connectivity index (χ1) is 27.5. The first kappa shape index (κ1) is 42.4. The van der Waals surface area contributed by atoms with Crippen LogP contribution in [0.15, 0.2) is 35.4 Å². The van der Waals surface area contributed by atoms with Gasteiger partial charge >= 0.3 is 6.09 Å². The minimum Gasteiger partial charge on any atom is -0.444 e. The van der Waals surface area contributed by atoms with Gasteiger partial charge < -0.3 is 24.4 Å². The molecule has 12 nitrogen and oxygen atoms in total. The summed E-state index contributed by atoms with van der Waals surface area (Å²) in [7, 11) is -3.19. The largest absolute Gasteiger partial charge is 0.444 e. The maximum absolute atomic E-state index is 16.5. The second-order valence-corrected chi connectivity index (χ2v) is 19.8. The molecule has 3 aromatic rings. The van der Waals surface area contributed by atoms with Crippen molar-refractivity contribution >= 4 is 32.8 Å². The van der Waals surface area contributed by atoms with E-state index in [1.54, 1.807) is 43.2 Å². The summed E-state index contributed by atoms with van der Waals surface area (Å²) in [6, 6.07) is 4.12. The Hall–Kier alpha value is -3.76. The number of halogens is 3.